The molecule has 0 aromatic heterocycles. The maximum Gasteiger partial charge on any atom is 0.279 e. The summed E-state index contributed by atoms with van der Waals surface area (Å²) in [6, 6.07) is 3.74. The molecule has 1 aromatic rings. The smallest absolute Gasteiger partial charge is 0.279 e. The first-order valence-electron chi connectivity index (χ1n) is 7.03. The third-order valence-electron chi connectivity index (χ3n) is 3.75. The second-order valence-corrected chi connectivity index (χ2v) is 5.32. The average molecular weight is 295 g/mol. The lowest BCUT2D eigenvalue weighted by molar-refractivity contribution is -0.394. The van der Waals surface area contributed by atoms with Gasteiger partial charge in [-0.1, -0.05) is 26.7 Å². The lowest BCUT2D eigenvalue weighted by atomic mass is 9.84. The maximum absolute atomic E-state index is 11.1. The fraction of sp³-hybridized carbons (Fsp3) is 0.571. The van der Waals surface area contributed by atoms with Crippen LogP contribution in [-0.4, -0.2) is 15.4 Å². The number of rotatable bonds is 8. The van der Waals surface area contributed by atoms with Gasteiger partial charge in [0.1, 0.15) is 0 Å². The number of nitro groups is 2. The normalized spacial score (nSPS) is 13.7. The van der Waals surface area contributed by atoms with Gasteiger partial charge in [-0.05, 0) is 25.3 Å². The standard InChI is InChI=1S/C14H21N3O4/c1-3-5-8-14(15,4-2)10-11-6-7-12(16(18)19)9-13(11)17(20)21/h6-7,9H,3-5,8,10,15H2,1-2H3. The van der Waals surface area contributed by atoms with Crippen molar-refractivity contribution in [1.82, 2.24) is 0 Å². The van der Waals surface area contributed by atoms with Gasteiger partial charge in [0.25, 0.3) is 11.4 Å². The molecule has 0 aliphatic heterocycles. The molecular formula is C14H21N3O4. The van der Waals surface area contributed by atoms with E-state index in [4.69, 9.17) is 5.73 Å². The molecule has 7 nitrogen and oxygen atoms in total. The van der Waals surface area contributed by atoms with Crippen LogP contribution in [0.25, 0.3) is 0 Å². The van der Waals surface area contributed by atoms with Crippen LogP contribution < -0.4 is 5.73 Å². The van der Waals surface area contributed by atoms with Crippen LogP contribution in [0.15, 0.2) is 18.2 Å². The fourth-order valence-corrected chi connectivity index (χ4v) is 2.28. The van der Waals surface area contributed by atoms with E-state index in [1.54, 1.807) is 0 Å². The Kier molecular flexibility index (Phi) is 5.78. The van der Waals surface area contributed by atoms with Gasteiger partial charge >= 0.3 is 0 Å². The van der Waals surface area contributed by atoms with Crippen LogP contribution in [-0.2, 0) is 6.42 Å². The number of nitrogens with zero attached hydrogens (tertiary/aromatic N) is 2. The van der Waals surface area contributed by atoms with Crippen LogP contribution in [0.5, 0.6) is 0 Å². The highest BCUT2D eigenvalue weighted by molar-refractivity contribution is 5.49. The van der Waals surface area contributed by atoms with Crippen molar-refractivity contribution in [1.29, 1.82) is 0 Å². The molecule has 0 aliphatic carbocycles. The zero-order chi connectivity index (χ0) is 16.0. The molecule has 1 aromatic carbocycles. The Morgan fingerprint density at radius 2 is 1.86 bits per heavy atom. The molecule has 1 unspecified atom stereocenters. The van der Waals surface area contributed by atoms with Crippen LogP contribution in [0.2, 0.25) is 0 Å². The van der Waals surface area contributed by atoms with Gasteiger partial charge in [-0.25, -0.2) is 0 Å². The highest BCUT2D eigenvalue weighted by Gasteiger charge is 2.28. The molecule has 0 fully saturated rings. The first-order valence-corrected chi connectivity index (χ1v) is 7.03. The maximum atomic E-state index is 11.1. The molecule has 0 saturated carbocycles. The molecule has 0 bridgehead atoms. The van der Waals surface area contributed by atoms with E-state index in [0.717, 1.165) is 25.3 Å². The highest BCUT2D eigenvalue weighted by Crippen LogP contribution is 2.29. The summed E-state index contributed by atoms with van der Waals surface area (Å²) < 4.78 is 0. The number of hydrogen-bond acceptors (Lipinski definition) is 5. The van der Waals surface area contributed by atoms with Gasteiger partial charge < -0.3 is 5.73 Å². The fourth-order valence-electron chi connectivity index (χ4n) is 2.28. The predicted molar refractivity (Wildman–Crippen MR) is 80.2 cm³/mol. The first-order chi connectivity index (χ1) is 9.83. The van der Waals surface area contributed by atoms with Crippen LogP contribution in [0.3, 0.4) is 0 Å². The van der Waals surface area contributed by atoms with Gasteiger partial charge in [0.05, 0.1) is 15.9 Å². The summed E-state index contributed by atoms with van der Waals surface area (Å²) in [6.07, 6.45) is 3.76. The highest BCUT2D eigenvalue weighted by atomic mass is 16.6. The van der Waals surface area contributed by atoms with E-state index in [2.05, 4.69) is 6.92 Å². The van der Waals surface area contributed by atoms with Crippen LogP contribution in [0, 0.1) is 20.2 Å². The van der Waals surface area contributed by atoms with Crippen molar-refractivity contribution in [2.75, 3.05) is 0 Å². The van der Waals surface area contributed by atoms with E-state index in [1.807, 2.05) is 6.92 Å². The Balaban J connectivity index is 3.11. The summed E-state index contributed by atoms with van der Waals surface area (Å²) in [5, 5.41) is 21.9. The van der Waals surface area contributed by atoms with Crippen LogP contribution in [0.4, 0.5) is 11.4 Å². The summed E-state index contributed by atoms with van der Waals surface area (Å²) in [4.78, 5) is 20.6. The molecule has 1 rings (SSSR count). The van der Waals surface area contributed by atoms with Crippen molar-refractivity contribution in [2.45, 2.75) is 51.5 Å². The van der Waals surface area contributed by atoms with Crippen LogP contribution >= 0.6 is 0 Å². The molecule has 0 spiro atoms. The van der Waals surface area contributed by atoms with Gasteiger partial charge in [-0.15, -0.1) is 0 Å². The van der Waals surface area contributed by atoms with Gasteiger partial charge in [0.2, 0.25) is 0 Å². The van der Waals surface area contributed by atoms with E-state index in [1.165, 1.54) is 12.1 Å². The molecule has 0 saturated heterocycles. The van der Waals surface area contributed by atoms with E-state index >= 15 is 0 Å². The molecule has 0 heterocycles. The number of nitrogens with two attached hydrogens (primary N) is 1. The second-order valence-electron chi connectivity index (χ2n) is 5.32. The Morgan fingerprint density at radius 1 is 1.19 bits per heavy atom. The van der Waals surface area contributed by atoms with Gasteiger partial charge in [0.15, 0.2) is 0 Å². The molecule has 21 heavy (non-hydrogen) atoms. The molecule has 2 N–H and O–H groups in total. The Morgan fingerprint density at radius 3 is 2.33 bits per heavy atom. The van der Waals surface area contributed by atoms with Crippen molar-refractivity contribution in [3.63, 3.8) is 0 Å². The van der Waals surface area contributed by atoms with E-state index in [9.17, 15) is 20.2 Å². The molecule has 0 aliphatic rings. The van der Waals surface area contributed by atoms with Gasteiger partial charge in [-0.3, -0.25) is 20.2 Å². The Hall–Kier alpha value is -2.02. The molecule has 116 valence electrons. The predicted octanol–water partition coefficient (Wildman–Crippen LogP) is 3.34. The SMILES string of the molecule is CCCCC(N)(CC)Cc1ccc([N+](=O)[O-])cc1[N+](=O)[O-]. The quantitative estimate of drug-likeness (QED) is 0.583. The first kappa shape index (κ1) is 17.0. The number of hydrogen-bond donors (Lipinski definition) is 1. The third-order valence-corrected chi connectivity index (χ3v) is 3.75. The number of nitro benzene ring substituents is 2. The second kappa shape index (κ2) is 7.12. The third kappa shape index (κ3) is 4.49. The zero-order valence-corrected chi connectivity index (χ0v) is 12.4. The van der Waals surface area contributed by atoms with Gasteiger partial charge in [-0.2, -0.15) is 0 Å². The summed E-state index contributed by atoms with van der Waals surface area (Å²) in [5.74, 6) is 0. The average Bonchev–Trinajstić information content (AvgIpc) is 2.45. The topological polar surface area (TPSA) is 112 Å². The minimum Gasteiger partial charge on any atom is -0.325 e. The van der Waals surface area contributed by atoms with Crippen molar-refractivity contribution in [2.24, 2.45) is 5.73 Å². The van der Waals surface area contributed by atoms with Crippen molar-refractivity contribution in [3.05, 3.63) is 44.0 Å². The summed E-state index contributed by atoms with van der Waals surface area (Å²) in [6.45, 7) is 4.01. The summed E-state index contributed by atoms with van der Waals surface area (Å²) >= 11 is 0. The minimum absolute atomic E-state index is 0.232. The van der Waals surface area contributed by atoms with Gasteiger partial charge in [0, 0.05) is 17.2 Å². The summed E-state index contributed by atoms with van der Waals surface area (Å²) in [5.41, 5.74) is 5.75. The lowest BCUT2D eigenvalue weighted by Gasteiger charge is -2.28. The lowest BCUT2D eigenvalue weighted by Crippen LogP contribution is -2.41. The minimum atomic E-state index is -0.636. The molecular weight excluding hydrogens is 274 g/mol. The number of benzene rings is 1. The Bertz CT molecular complexity index is 533. The molecule has 0 radical (unpaired) electrons. The Labute approximate surface area is 123 Å². The number of unbranched alkanes of at least 4 members (excludes halogenated alkanes) is 1. The van der Waals surface area contributed by atoms with E-state index in [0.29, 0.717) is 18.4 Å². The van der Waals surface area contributed by atoms with Crippen molar-refractivity contribution >= 4 is 11.4 Å². The van der Waals surface area contributed by atoms with Crippen molar-refractivity contribution < 1.29 is 9.85 Å². The van der Waals surface area contributed by atoms with Crippen LogP contribution in [0.1, 0.15) is 45.1 Å². The summed E-state index contributed by atoms with van der Waals surface area (Å²) in [7, 11) is 0. The molecule has 1 atom stereocenters. The zero-order valence-electron chi connectivity index (χ0n) is 12.4. The molecule has 0 amide bonds. The largest absolute Gasteiger partial charge is 0.325 e. The monoisotopic (exact) mass is 295 g/mol. The molecule has 7 heteroatoms. The number of non-ortho nitro benzene ring substituents is 1. The van der Waals surface area contributed by atoms with E-state index < -0.39 is 15.4 Å². The van der Waals surface area contributed by atoms with Crippen molar-refractivity contribution in [3.8, 4) is 0 Å². The van der Waals surface area contributed by atoms with E-state index in [-0.39, 0.29) is 11.4 Å².